The van der Waals surface area contributed by atoms with Crippen LogP contribution in [0.25, 0.3) is 34.0 Å². The molecule has 28 heavy (non-hydrogen) atoms. The Morgan fingerprint density at radius 2 is 1.86 bits per heavy atom. The third-order valence-corrected chi connectivity index (χ3v) is 4.59. The van der Waals surface area contributed by atoms with Crippen LogP contribution in [-0.2, 0) is 0 Å². The molecule has 0 bridgehead atoms. The molecule has 4 aromatic heterocycles. The first kappa shape index (κ1) is 16.0. The second kappa shape index (κ2) is 6.53. The first-order valence-corrected chi connectivity index (χ1v) is 8.83. The van der Waals surface area contributed by atoms with E-state index in [-0.39, 0.29) is 0 Å². The van der Waals surface area contributed by atoms with Crippen molar-refractivity contribution in [3.63, 3.8) is 0 Å². The third-order valence-electron chi connectivity index (χ3n) is 4.59. The van der Waals surface area contributed by atoms with Crippen molar-refractivity contribution in [2.45, 2.75) is 0 Å². The summed E-state index contributed by atoms with van der Waals surface area (Å²) in [5.41, 5.74) is 6.21. The summed E-state index contributed by atoms with van der Waals surface area (Å²) in [5, 5.41) is 5.73. The zero-order valence-electron chi connectivity index (χ0n) is 14.9. The van der Waals surface area contributed by atoms with E-state index in [0.717, 1.165) is 44.8 Å². The maximum atomic E-state index is 4.73. The van der Waals surface area contributed by atoms with Crippen LogP contribution in [0.5, 0.6) is 0 Å². The van der Waals surface area contributed by atoms with Crippen LogP contribution in [0.2, 0.25) is 0 Å². The lowest BCUT2D eigenvalue weighted by Gasteiger charge is -2.03. The molecule has 0 spiro atoms. The first-order chi connectivity index (χ1) is 13.8. The number of imidazole rings is 1. The Labute approximate surface area is 161 Å². The molecule has 4 heterocycles. The van der Waals surface area contributed by atoms with E-state index in [9.17, 15) is 0 Å². The zero-order valence-corrected chi connectivity index (χ0v) is 14.9. The van der Waals surface area contributed by atoms with Gasteiger partial charge in [-0.1, -0.05) is 42.8 Å². The van der Waals surface area contributed by atoms with Crippen molar-refractivity contribution < 1.29 is 0 Å². The van der Waals surface area contributed by atoms with Crippen molar-refractivity contribution in [3.05, 3.63) is 90.5 Å². The maximum Gasteiger partial charge on any atom is 0.154 e. The molecular formula is C23H15N5. The van der Waals surface area contributed by atoms with E-state index >= 15 is 0 Å². The van der Waals surface area contributed by atoms with Crippen molar-refractivity contribution in [1.82, 2.24) is 24.6 Å². The predicted octanol–water partition coefficient (Wildman–Crippen LogP) is 4.32. The van der Waals surface area contributed by atoms with E-state index < -0.39 is 0 Å². The molecular weight excluding hydrogens is 346 g/mol. The van der Waals surface area contributed by atoms with E-state index in [1.165, 1.54) is 0 Å². The van der Waals surface area contributed by atoms with Crippen LogP contribution in [0.3, 0.4) is 0 Å². The number of nitrogens with zero attached hydrogens (tertiary/aromatic N) is 4. The molecule has 1 aromatic carbocycles. The normalized spacial score (nSPS) is 10.7. The van der Waals surface area contributed by atoms with E-state index in [0.29, 0.717) is 0 Å². The molecule has 5 heteroatoms. The summed E-state index contributed by atoms with van der Waals surface area (Å²) in [5.74, 6) is 6.42. The number of aromatic amines is 1. The van der Waals surface area contributed by atoms with Crippen LogP contribution in [-0.4, -0.2) is 24.6 Å². The van der Waals surface area contributed by atoms with Crippen molar-refractivity contribution in [1.29, 1.82) is 0 Å². The largest absolute Gasteiger partial charge is 0.346 e. The number of hydrogen-bond donors (Lipinski definition) is 1. The van der Waals surface area contributed by atoms with Gasteiger partial charge < -0.3 is 4.98 Å². The monoisotopic (exact) mass is 361 g/mol. The Kier molecular flexibility index (Phi) is 3.74. The molecule has 0 aliphatic heterocycles. The Hall–Kier alpha value is -4.17. The summed E-state index contributed by atoms with van der Waals surface area (Å²) in [6.45, 7) is 3.79. The lowest BCUT2D eigenvalue weighted by atomic mass is 10.1. The highest BCUT2D eigenvalue weighted by Gasteiger charge is 2.06. The molecule has 0 fully saturated rings. The smallest absolute Gasteiger partial charge is 0.154 e. The third kappa shape index (κ3) is 2.74. The number of rotatable bonds is 2. The van der Waals surface area contributed by atoms with Gasteiger partial charge in [0.2, 0.25) is 0 Å². The Bertz CT molecular complexity index is 1380. The minimum absolute atomic E-state index is 0.736. The van der Waals surface area contributed by atoms with Crippen molar-refractivity contribution in [2.75, 3.05) is 0 Å². The predicted molar refractivity (Wildman–Crippen MR) is 111 cm³/mol. The average molecular weight is 361 g/mol. The van der Waals surface area contributed by atoms with Crippen molar-refractivity contribution in [3.8, 4) is 23.1 Å². The fraction of sp³-hybridized carbons (Fsp3) is 0. The number of fused-ring (bicyclic) bond motifs is 2. The molecule has 0 saturated carbocycles. The Morgan fingerprint density at radius 3 is 2.71 bits per heavy atom. The summed E-state index contributed by atoms with van der Waals surface area (Å²) in [6.07, 6.45) is 7.18. The highest BCUT2D eigenvalue weighted by atomic mass is 15.3. The molecule has 0 atom stereocenters. The molecule has 0 unspecified atom stereocenters. The van der Waals surface area contributed by atoms with Crippen LogP contribution in [0.1, 0.15) is 16.8 Å². The van der Waals surface area contributed by atoms with E-state index in [1.54, 1.807) is 16.9 Å². The topological polar surface area (TPSA) is 58.9 Å². The summed E-state index contributed by atoms with van der Waals surface area (Å²) >= 11 is 0. The summed E-state index contributed by atoms with van der Waals surface area (Å²) < 4.78 is 1.78. The van der Waals surface area contributed by atoms with Gasteiger partial charge in [0, 0.05) is 28.9 Å². The van der Waals surface area contributed by atoms with Gasteiger partial charge in [0.15, 0.2) is 5.65 Å². The number of nitrogens with one attached hydrogen (secondary N) is 1. The Morgan fingerprint density at radius 1 is 0.964 bits per heavy atom. The molecule has 132 valence electrons. The minimum Gasteiger partial charge on any atom is -0.346 e. The minimum atomic E-state index is 0.736. The number of benzene rings is 1. The van der Waals surface area contributed by atoms with Crippen LogP contribution >= 0.6 is 0 Å². The van der Waals surface area contributed by atoms with Crippen LogP contribution in [0.4, 0.5) is 0 Å². The fourth-order valence-electron chi connectivity index (χ4n) is 3.10. The number of pyridine rings is 1. The molecule has 0 saturated heterocycles. The molecule has 5 nitrogen and oxygen atoms in total. The zero-order chi connectivity index (χ0) is 18.9. The standard InChI is InChI=1S/C23H15N5/c1-2-16-3-5-18(6-4-16)21-9-10-22-26-15-19(28(22)27-21)8-7-17-11-13-24-23-20(17)12-14-25-23/h2-6,9-15H,1H2,(H,24,25). The van der Waals surface area contributed by atoms with Crippen LogP contribution in [0.15, 0.2) is 73.7 Å². The number of H-pyrrole nitrogens is 1. The first-order valence-electron chi connectivity index (χ1n) is 8.83. The molecule has 0 aliphatic carbocycles. The second-order valence-electron chi connectivity index (χ2n) is 6.31. The lowest BCUT2D eigenvalue weighted by molar-refractivity contribution is 0.930. The molecule has 5 rings (SSSR count). The highest BCUT2D eigenvalue weighted by Crippen LogP contribution is 2.19. The molecule has 1 N–H and O–H groups in total. The van der Waals surface area contributed by atoms with Gasteiger partial charge in [-0.3, -0.25) is 0 Å². The number of aromatic nitrogens is 5. The van der Waals surface area contributed by atoms with Gasteiger partial charge >= 0.3 is 0 Å². The quantitative estimate of drug-likeness (QED) is 0.477. The number of hydrogen-bond acceptors (Lipinski definition) is 3. The van der Waals surface area contributed by atoms with Gasteiger partial charge in [-0.05, 0) is 35.7 Å². The van der Waals surface area contributed by atoms with Gasteiger partial charge in [0.1, 0.15) is 11.3 Å². The summed E-state index contributed by atoms with van der Waals surface area (Å²) in [6, 6.07) is 15.9. The SMILES string of the molecule is C=Cc1ccc(-c2ccc3ncc(C#Cc4ccnc5[nH]ccc45)n3n2)cc1. The van der Waals surface area contributed by atoms with Gasteiger partial charge in [-0.25, -0.2) is 14.5 Å². The molecule has 0 aliphatic rings. The molecule has 5 aromatic rings. The van der Waals surface area contributed by atoms with Crippen molar-refractivity contribution >= 4 is 22.8 Å². The summed E-state index contributed by atoms with van der Waals surface area (Å²) in [4.78, 5) is 11.8. The van der Waals surface area contributed by atoms with Crippen LogP contribution in [0, 0.1) is 11.8 Å². The molecule has 0 radical (unpaired) electrons. The second-order valence-corrected chi connectivity index (χ2v) is 6.31. The summed E-state index contributed by atoms with van der Waals surface area (Å²) in [7, 11) is 0. The fourth-order valence-corrected chi connectivity index (χ4v) is 3.10. The Balaban J connectivity index is 1.57. The van der Waals surface area contributed by atoms with Crippen molar-refractivity contribution in [2.24, 2.45) is 0 Å². The highest BCUT2D eigenvalue weighted by molar-refractivity contribution is 5.82. The van der Waals surface area contributed by atoms with E-state index in [1.807, 2.05) is 60.8 Å². The van der Waals surface area contributed by atoms with E-state index in [4.69, 9.17) is 5.10 Å². The van der Waals surface area contributed by atoms with Gasteiger partial charge in [-0.2, -0.15) is 5.10 Å². The van der Waals surface area contributed by atoms with Gasteiger partial charge in [-0.15, -0.1) is 0 Å². The van der Waals surface area contributed by atoms with E-state index in [2.05, 4.69) is 33.4 Å². The maximum absolute atomic E-state index is 4.73. The van der Waals surface area contributed by atoms with Gasteiger partial charge in [0.25, 0.3) is 0 Å². The average Bonchev–Trinajstić information content (AvgIpc) is 3.39. The lowest BCUT2D eigenvalue weighted by Crippen LogP contribution is -1.97. The van der Waals surface area contributed by atoms with Crippen LogP contribution < -0.4 is 0 Å². The molecule has 0 amide bonds. The van der Waals surface area contributed by atoms with Gasteiger partial charge in [0.05, 0.1) is 11.9 Å².